The zero-order valence-corrected chi connectivity index (χ0v) is 13.7. The first-order valence-corrected chi connectivity index (χ1v) is 8.78. The summed E-state index contributed by atoms with van der Waals surface area (Å²) in [4.78, 5) is 0. The van der Waals surface area contributed by atoms with E-state index in [1.807, 2.05) is 54.6 Å². The largest absolute Gasteiger partial charge is 0.326 e. The number of hydrogen-bond donors (Lipinski definition) is 0. The summed E-state index contributed by atoms with van der Waals surface area (Å²) in [7, 11) is -1.10. The van der Waals surface area contributed by atoms with Crippen molar-refractivity contribution in [2.24, 2.45) is 0 Å². The Kier molecular flexibility index (Phi) is 5.94. The van der Waals surface area contributed by atoms with Gasteiger partial charge in [-0.3, -0.25) is 0 Å². The zero-order chi connectivity index (χ0) is 15.7. The van der Waals surface area contributed by atoms with Crippen LogP contribution in [-0.2, 0) is 22.3 Å². The van der Waals surface area contributed by atoms with Crippen molar-refractivity contribution in [2.45, 2.75) is 13.2 Å². The lowest BCUT2D eigenvalue weighted by atomic mass is 10.2. The van der Waals surface area contributed by atoms with Crippen molar-refractivity contribution in [3.63, 3.8) is 0 Å². The van der Waals surface area contributed by atoms with Crippen molar-refractivity contribution < 1.29 is 9.05 Å². The Bertz CT molecular complexity index is 643. The third-order valence-corrected chi connectivity index (χ3v) is 4.80. The predicted molar refractivity (Wildman–Crippen MR) is 95.5 cm³/mol. The van der Waals surface area contributed by atoms with Crippen molar-refractivity contribution in [2.75, 3.05) is 0 Å². The lowest BCUT2D eigenvalue weighted by molar-refractivity contribution is 0.243. The summed E-state index contributed by atoms with van der Waals surface area (Å²) in [5.41, 5.74) is 2.30. The molecule has 116 valence electrons. The minimum Gasteiger partial charge on any atom is -0.326 e. The van der Waals surface area contributed by atoms with Gasteiger partial charge in [0.05, 0.1) is 13.2 Å². The minimum absolute atomic E-state index is 0.552. The Morgan fingerprint density at radius 1 is 0.522 bits per heavy atom. The quantitative estimate of drug-likeness (QED) is 0.566. The first kappa shape index (κ1) is 15.9. The molecule has 3 heteroatoms. The molecule has 23 heavy (non-hydrogen) atoms. The van der Waals surface area contributed by atoms with Gasteiger partial charge in [-0.05, 0) is 23.3 Å². The lowest BCUT2D eigenvalue weighted by Crippen LogP contribution is -2.06. The van der Waals surface area contributed by atoms with Crippen molar-refractivity contribution in [3.8, 4) is 0 Å². The first-order chi connectivity index (χ1) is 11.4. The van der Waals surface area contributed by atoms with Crippen LogP contribution in [0.3, 0.4) is 0 Å². The van der Waals surface area contributed by atoms with E-state index in [1.165, 1.54) is 0 Å². The first-order valence-electron chi connectivity index (χ1n) is 7.61. The van der Waals surface area contributed by atoms with Gasteiger partial charge in [-0.2, -0.15) is 0 Å². The second-order valence-electron chi connectivity index (χ2n) is 5.11. The summed E-state index contributed by atoms with van der Waals surface area (Å²) in [6, 6.07) is 30.5. The predicted octanol–water partition coefficient (Wildman–Crippen LogP) is 5.06. The molecule has 0 N–H and O–H groups in total. The van der Waals surface area contributed by atoms with Crippen LogP contribution in [0.15, 0.2) is 91.0 Å². The molecule has 2 nitrogen and oxygen atoms in total. The SMILES string of the molecule is c1ccc(COP(OCc2ccccc2)c2ccccc2)cc1. The molecule has 0 aliphatic rings. The molecule has 3 aromatic carbocycles. The summed E-state index contributed by atoms with van der Waals surface area (Å²) >= 11 is 0. The molecule has 0 fully saturated rings. The summed E-state index contributed by atoms with van der Waals surface area (Å²) < 4.78 is 12.2. The fourth-order valence-electron chi connectivity index (χ4n) is 2.15. The van der Waals surface area contributed by atoms with Gasteiger partial charge in [0.15, 0.2) is 0 Å². The van der Waals surface area contributed by atoms with Gasteiger partial charge in [-0.15, -0.1) is 0 Å². The lowest BCUT2D eigenvalue weighted by Gasteiger charge is -2.18. The second-order valence-corrected chi connectivity index (χ2v) is 6.66. The molecule has 0 saturated heterocycles. The minimum atomic E-state index is -1.10. The zero-order valence-electron chi connectivity index (χ0n) is 12.8. The summed E-state index contributed by atoms with van der Waals surface area (Å²) in [5, 5.41) is 1.09. The van der Waals surface area contributed by atoms with Crippen molar-refractivity contribution in [1.29, 1.82) is 0 Å². The number of hydrogen-bond acceptors (Lipinski definition) is 2. The molecule has 0 saturated carbocycles. The Morgan fingerprint density at radius 3 is 1.35 bits per heavy atom. The molecule has 3 rings (SSSR count). The van der Waals surface area contributed by atoms with Gasteiger partial charge in [-0.25, -0.2) is 0 Å². The van der Waals surface area contributed by atoms with Crippen LogP contribution in [-0.4, -0.2) is 0 Å². The molecule has 0 heterocycles. The smallest absolute Gasteiger partial charge is 0.205 e. The molecular weight excluding hydrogens is 303 g/mol. The molecule has 0 amide bonds. The van der Waals surface area contributed by atoms with Crippen molar-refractivity contribution in [3.05, 3.63) is 102 Å². The number of benzene rings is 3. The molecule has 0 aliphatic heterocycles. The Hall–Kier alpha value is -1.99. The highest BCUT2D eigenvalue weighted by Crippen LogP contribution is 2.39. The molecule has 3 aromatic rings. The molecule has 0 spiro atoms. The third-order valence-electron chi connectivity index (χ3n) is 3.35. The third kappa shape index (κ3) is 5.01. The maximum absolute atomic E-state index is 6.08. The molecule has 0 radical (unpaired) electrons. The van der Waals surface area contributed by atoms with E-state index in [4.69, 9.17) is 9.05 Å². The molecule has 0 aromatic heterocycles. The average Bonchev–Trinajstić information content (AvgIpc) is 2.64. The van der Waals surface area contributed by atoms with Crippen LogP contribution in [0.1, 0.15) is 11.1 Å². The van der Waals surface area contributed by atoms with E-state index in [-0.39, 0.29) is 0 Å². The van der Waals surface area contributed by atoms with Gasteiger partial charge in [0, 0.05) is 5.30 Å². The monoisotopic (exact) mass is 322 g/mol. The van der Waals surface area contributed by atoms with Crippen LogP contribution >= 0.6 is 8.38 Å². The molecule has 0 atom stereocenters. The summed E-state index contributed by atoms with van der Waals surface area (Å²) in [5.74, 6) is 0. The average molecular weight is 322 g/mol. The summed E-state index contributed by atoms with van der Waals surface area (Å²) in [6.07, 6.45) is 0. The highest BCUT2D eigenvalue weighted by molar-refractivity contribution is 7.55. The van der Waals surface area contributed by atoms with Gasteiger partial charge in [0.25, 0.3) is 0 Å². The van der Waals surface area contributed by atoms with Gasteiger partial charge < -0.3 is 9.05 Å². The van der Waals surface area contributed by atoms with Crippen LogP contribution in [0, 0.1) is 0 Å². The van der Waals surface area contributed by atoms with Gasteiger partial charge in [0.1, 0.15) is 0 Å². The standard InChI is InChI=1S/C20H19O2P/c1-4-10-18(11-5-1)16-21-23(20-14-8-3-9-15-20)22-17-19-12-6-2-7-13-19/h1-15H,16-17H2. The summed E-state index contributed by atoms with van der Waals surface area (Å²) in [6.45, 7) is 1.10. The second kappa shape index (κ2) is 8.59. The van der Waals surface area contributed by atoms with Crippen LogP contribution < -0.4 is 5.30 Å². The van der Waals surface area contributed by atoms with Gasteiger partial charge in [-0.1, -0.05) is 78.9 Å². The van der Waals surface area contributed by atoms with E-state index in [9.17, 15) is 0 Å². The van der Waals surface area contributed by atoms with Gasteiger partial charge in [0.2, 0.25) is 8.38 Å². The van der Waals surface area contributed by atoms with E-state index in [0.29, 0.717) is 13.2 Å². The highest BCUT2D eigenvalue weighted by atomic mass is 31.2. The van der Waals surface area contributed by atoms with E-state index < -0.39 is 8.38 Å². The Morgan fingerprint density at radius 2 is 0.913 bits per heavy atom. The Labute approximate surface area is 138 Å². The maximum atomic E-state index is 6.08. The molecule has 0 bridgehead atoms. The molecule has 0 aliphatic carbocycles. The van der Waals surface area contributed by atoms with E-state index >= 15 is 0 Å². The number of rotatable bonds is 7. The van der Waals surface area contributed by atoms with Crippen LogP contribution in [0.25, 0.3) is 0 Å². The van der Waals surface area contributed by atoms with Gasteiger partial charge >= 0.3 is 0 Å². The highest BCUT2D eigenvalue weighted by Gasteiger charge is 2.14. The van der Waals surface area contributed by atoms with Crippen molar-refractivity contribution in [1.82, 2.24) is 0 Å². The molecule has 0 unspecified atom stereocenters. The normalized spacial score (nSPS) is 10.8. The Balaban J connectivity index is 1.66. The van der Waals surface area contributed by atoms with Crippen LogP contribution in [0.5, 0.6) is 0 Å². The van der Waals surface area contributed by atoms with E-state index in [0.717, 1.165) is 16.4 Å². The fourth-order valence-corrected chi connectivity index (χ4v) is 3.47. The molecular formula is C20H19O2P. The van der Waals surface area contributed by atoms with Crippen LogP contribution in [0.4, 0.5) is 0 Å². The van der Waals surface area contributed by atoms with E-state index in [2.05, 4.69) is 36.4 Å². The van der Waals surface area contributed by atoms with Crippen LogP contribution in [0.2, 0.25) is 0 Å². The van der Waals surface area contributed by atoms with Crippen molar-refractivity contribution >= 4 is 13.7 Å². The topological polar surface area (TPSA) is 18.5 Å². The fraction of sp³-hybridized carbons (Fsp3) is 0.100. The van der Waals surface area contributed by atoms with E-state index in [1.54, 1.807) is 0 Å². The maximum Gasteiger partial charge on any atom is 0.205 e.